The van der Waals surface area contributed by atoms with E-state index in [1.54, 1.807) is 18.9 Å². The van der Waals surface area contributed by atoms with Gasteiger partial charge in [0, 0.05) is 16.3 Å². The summed E-state index contributed by atoms with van der Waals surface area (Å²) in [6.07, 6.45) is 0. The maximum atomic E-state index is 5.97. The van der Waals surface area contributed by atoms with Gasteiger partial charge >= 0.3 is 0 Å². The number of benzene rings is 1. The minimum Gasteiger partial charge on any atom is -0.497 e. The smallest absolute Gasteiger partial charge is 0.153 e. The van der Waals surface area contributed by atoms with Crippen LogP contribution in [0.3, 0.4) is 0 Å². The number of nitrogens with zero attached hydrogens (tertiary/aromatic N) is 1. The Hall–Kier alpha value is -1.39. The molecule has 1 aromatic heterocycles. The molecule has 0 aliphatic carbocycles. The van der Waals surface area contributed by atoms with Crippen LogP contribution in [0.2, 0.25) is 5.15 Å². The Morgan fingerprint density at radius 3 is 2.63 bits per heavy atom. The van der Waals surface area contributed by atoms with Gasteiger partial charge in [-0.15, -0.1) is 11.8 Å². The lowest BCUT2D eigenvalue weighted by molar-refractivity contribution is 0.414. The summed E-state index contributed by atoms with van der Waals surface area (Å²) in [4.78, 5) is 5.09. The third-order valence-electron chi connectivity index (χ3n) is 2.66. The fourth-order valence-corrected chi connectivity index (χ4v) is 2.93. The first-order valence-corrected chi connectivity index (χ1v) is 7.15. The van der Waals surface area contributed by atoms with E-state index in [2.05, 4.69) is 4.98 Å². The van der Waals surface area contributed by atoms with Gasteiger partial charge in [0.25, 0.3) is 0 Å². The largest absolute Gasteiger partial charge is 0.497 e. The van der Waals surface area contributed by atoms with Crippen molar-refractivity contribution in [1.82, 2.24) is 4.98 Å². The molecule has 19 heavy (non-hydrogen) atoms. The van der Waals surface area contributed by atoms with E-state index in [1.807, 2.05) is 37.3 Å². The van der Waals surface area contributed by atoms with E-state index >= 15 is 0 Å². The van der Waals surface area contributed by atoms with Crippen LogP contribution in [0.4, 0.5) is 5.69 Å². The number of hydrogen-bond acceptors (Lipinski definition) is 4. The van der Waals surface area contributed by atoms with E-state index in [1.165, 1.54) is 5.56 Å². The van der Waals surface area contributed by atoms with Gasteiger partial charge < -0.3 is 10.5 Å². The molecule has 0 bridgehead atoms. The number of anilines is 1. The lowest BCUT2D eigenvalue weighted by atomic mass is 10.2. The van der Waals surface area contributed by atoms with Gasteiger partial charge in [-0.1, -0.05) is 23.7 Å². The third kappa shape index (κ3) is 3.55. The summed E-state index contributed by atoms with van der Waals surface area (Å²) in [5, 5.41) is 0.372. The van der Waals surface area contributed by atoms with Gasteiger partial charge in [-0.05, 0) is 30.7 Å². The molecule has 5 heteroatoms. The van der Waals surface area contributed by atoms with Gasteiger partial charge in [0.1, 0.15) is 5.75 Å². The molecule has 1 aromatic carbocycles. The van der Waals surface area contributed by atoms with E-state index in [9.17, 15) is 0 Å². The minimum absolute atomic E-state index is 0.372. The number of nitrogens with two attached hydrogens (primary N) is 1. The highest BCUT2D eigenvalue weighted by Crippen LogP contribution is 2.32. The Kier molecular flexibility index (Phi) is 4.56. The van der Waals surface area contributed by atoms with Gasteiger partial charge in [0.15, 0.2) is 5.15 Å². The van der Waals surface area contributed by atoms with E-state index in [-0.39, 0.29) is 0 Å². The normalized spacial score (nSPS) is 10.5. The Morgan fingerprint density at radius 2 is 2.00 bits per heavy atom. The molecule has 0 aliphatic rings. The van der Waals surface area contributed by atoms with Crippen LogP contribution in [0.25, 0.3) is 0 Å². The van der Waals surface area contributed by atoms with Crippen LogP contribution >= 0.6 is 23.4 Å². The van der Waals surface area contributed by atoms with Crippen molar-refractivity contribution < 1.29 is 4.74 Å². The number of ether oxygens (including phenoxy) is 1. The first-order valence-electron chi connectivity index (χ1n) is 5.78. The quantitative estimate of drug-likeness (QED) is 0.686. The first-order chi connectivity index (χ1) is 9.10. The molecule has 0 atom stereocenters. The summed E-state index contributed by atoms with van der Waals surface area (Å²) in [5.41, 5.74) is 8.55. The Morgan fingerprint density at radius 1 is 1.32 bits per heavy atom. The van der Waals surface area contributed by atoms with Gasteiger partial charge in [-0.2, -0.15) is 0 Å². The third-order valence-corrected chi connectivity index (χ3v) is 4.07. The summed E-state index contributed by atoms with van der Waals surface area (Å²) in [7, 11) is 1.66. The lowest BCUT2D eigenvalue weighted by Crippen LogP contribution is -1.95. The van der Waals surface area contributed by atoms with Crippen molar-refractivity contribution in [3.63, 3.8) is 0 Å². The standard InChI is InChI=1S/C14H15ClN2OS/c1-9-7-12(13(16)14(15)17-9)19-8-10-3-5-11(18-2)6-4-10/h3-7H,8,16H2,1-2H3. The average molecular weight is 295 g/mol. The van der Waals surface area contributed by atoms with Crippen LogP contribution < -0.4 is 10.5 Å². The number of nitrogen functional groups attached to an aromatic ring is 1. The predicted molar refractivity (Wildman–Crippen MR) is 81.0 cm³/mol. The van der Waals surface area contributed by atoms with Gasteiger partial charge in [-0.3, -0.25) is 0 Å². The summed E-state index contributed by atoms with van der Waals surface area (Å²) in [6.45, 7) is 1.91. The molecular formula is C14H15ClN2OS. The van der Waals surface area contributed by atoms with Crippen molar-refractivity contribution >= 4 is 29.1 Å². The molecular weight excluding hydrogens is 280 g/mol. The van der Waals surface area contributed by atoms with Gasteiger partial charge in [0.05, 0.1) is 12.8 Å². The van der Waals surface area contributed by atoms with Crippen molar-refractivity contribution in [1.29, 1.82) is 0 Å². The summed E-state index contributed by atoms with van der Waals surface area (Å²) in [6, 6.07) is 9.93. The number of pyridine rings is 1. The first kappa shape index (κ1) is 14.0. The number of aryl methyl sites for hydroxylation is 1. The van der Waals surface area contributed by atoms with Crippen molar-refractivity contribution in [2.75, 3.05) is 12.8 Å². The summed E-state index contributed by atoms with van der Waals surface area (Å²) < 4.78 is 5.13. The average Bonchev–Trinajstić information content (AvgIpc) is 2.41. The number of rotatable bonds is 4. The van der Waals surface area contributed by atoms with E-state index < -0.39 is 0 Å². The molecule has 1 heterocycles. The van der Waals surface area contributed by atoms with Crippen LogP contribution in [-0.2, 0) is 5.75 Å². The molecule has 2 rings (SSSR count). The Bertz CT molecular complexity index is 572. The molecule has 0 saturated heterocycles. The summed E-state index contributed by atoms with van der Waals surface area (Å²) >= 11 is 7.63. The summed E-state index contributed by atoms with van der Waals surface area (Å²) in [5.74, 6) is 1.68. The van der Waals surface area contributed by atoms with Crippen molar-refractivity contribution in [3.05, 3.63) is 46.7 Å². The van der Waals surface area contributed by atoms with Gasteiger partial charge in [0.2, 0.25) is 0 Å². The molecule has 2 aromatic rings. The van der Waals surface area contributed by atoms with Crippen molar-refractivity contribution in [3.8, 4) is 5.75 Å². The second-order valence-corrected chi connectivity index (χ2v) is 5.48. The molecule has 3 nitrogen and oxygen atoms in total. The molecule has 0 radical (unpaired) electrons. The van der Waals surface area contributed by atoms with Crippen LogP contribution in [0, 0.1) is 6.92 Å². The highest BCUT2D eigenvalue weighted by molar-refractivity contribution is 7.98. The van der Waals surface area contributed by atoms with E-state index in [0.717, 1.165) is 22.1 Å². The Labute approximate surface area is 122 Å². The fraction of sp³-hybridized carbons (Fsp3) is 0.214. The molecule has 100 valence electrons. The molecule has 0 saturated carbocycles. The Balaban J connectivity index is 2.09. The van der Waals surface area contributed by atoms with Crippen LogP contribution in [0.15, 0.2) is 35.2 Å². The molecule has 0 spiro atoms. The topological polar surface area (TPSA) is 48.1 Å². The maximum Gasteiger partial charge on any atom is 0.153 e. The molecule has 0 amide bonds. The number of aromatic nitrogens is 1. The fourth-order valence-electron chi connectivity index (χ4n) is 1.62. The number of thioether (sulfide) groups is 1. The molecule has 0 fully saturated rings. The van der Waals surface area contributed by atoms with Crippen molar-refractivity contribution in [2.24, 2.45) is 0 Å². The monoisotopic (exact) mass is 294 g/mol. The molecule has 2 N–H and O–H groups in total. The molecule has 0 unspecified atom stereocenters. The van der Waals surface area contributed by atoms with Crippen LogP contribution in [0.5, 0.6) is 5.75 Å². The second kappa shape index (κ2) is 6.17. The van der Waals surface area contributed by atoms with E-state index in [4.69, 9.17) is 22.1 Å². The SMILES string of the molecule is COc1ccc(CSc2cc(C)nc(Cl)c2N)cc1. The van der Waals surface area contributed by atoms with Crippen molar-refractivity contribution in [2.45, 2.75) is 17.6 Å². The zero-order valence-electron chi connectivity index (χ0n) is 10.8. The van der Waals surface area contributed by atoms with Gasteiger partial charge in [-0.25, -0.2) is 4.98 Å². The van der Waals surface area contributed by atoms with Crippen LogP contribution in [0.1, 0.15) is 11.3 Å². The number of methoxy groups -OCH3 is 1. The second-order valence-electron chi connectivity index (χ2n) is 4.10. The zero-order chi connectivity index (χ0) is 13.8. The maximum absolute atomic E-state index is 5.97. The zero-order valence-corrected chi connectivity index (χ0v) is 12.4. The highest BCUT2D eigenvalue weighted by atomic mass is 35.5. The lowest BCUT2D eigenvalue weighted by Gasteiger charge is -2.08. The number of hydrogen-bond donors (Lipinski definition) is 1. The molecule has 0 aliphatic heterocycles. The predicted octanol–water partition coefficient (Wildman–Crippen LogP) is 3.93. The van der Waals surface area contributed by atoms with Crippen LogP contribution in [-0.4, -0.2) is 12.1 Å². The minimum atomic E-state index is 0.372. The highest BCUT2D eigenvalue weighted by Gasteiger charge is 2.07. The van der Waals surface area contributed by atoms with E-state index in [0.29, 0.717) is 10.8 Å². The number of halogens is 1.